The highest BCUT2D eigenvalue weighted by atomic mass is 32.2. The van der Waals surface area contributed by atoms with Gasteiger partial charge in [-0.05, 0) is 43.4 Å². The molecule has 4 rings (SSSR count). The van der Waals surface area contributed by atoms with Crippen molar-refractivity contribution in [2.75, 3.05) is 11.1 Å². The SMILES string of the molecule is Cc1ccccc1NC(=O)CCSCc1nc2sc3c(c2c(=O)[nH]1)CCC3. The molecule has 5 nitrogen and oxygen atoms in total. The summed E-state index contributed by atoms with van der Waals surface area (Å²) >= 11 is 3.27. The fourth-order valence-electron chi connectivity index (χ4n) is 3.37. The number of carbonyl (C=O) groups excluding carboxylic acids is 1. The van der Waals surface area contributed by atoms with Crippen LogP contribution in [0, 0.1) is 6.92 Å². The number of nitrogens with zero attached hydrogens (tertiary/aromatic N) is 1. The van der Waals surface area contributed by atoms with Crippen molar-refractivity contribution in [2.24, 2.45) is 0 Å². The van der Waals surface area contributed by atoms with Gasteiger partial charge in [-0.15, -0.1) is 11.3 Å². The number of aryl methyl sites for hydroxylation is 3. The smallest absolute Gasteiger partial charge is 0.259 e. The quantitative estimate of drug-likeness (QED) is 0.614. The van der Waals surface area contributed by atoms with Crippen molar-refractivity contribution < 1.29 is 4.79 Å². The number of aromatic amines is 1. The molecule has 1 amide bonds. The van der Waals surface area contributed by atoms with Gasteiger partial charge in [-0.2, -0.15) is 11.8 Å². The first-order valence-corrected chi connectivity index (χ1v) is 11.1. The Morgan fingerprint density at radius 2 is 2.19 bits per heavy atom. The van der Waals surface area contributed by atoms with E-state index in [0.29, 0.717) is 23.8 Å². The van der Waals surface area contributed by atoms with Gasteiger partial charge in [-0.3, -0.25) is 9.59 Å². The molecule has 1 aliphatic rings. The lowest BCUT2D eigenvalue weighted by Gasteiger charge is -2.07. The molecule has 0 aliphatic heterocycles. The van der Waals surface area contributed by atoms with E-state index < -0.39 is 0 Å². The Balaban J connectivity index is 1.32. The molecule has 2 N–H and O–H groups in total. The third-order valence-corrected chi connectivity index (χ3v) is 6.91. The summed E-state index contributed by atoms with van der Waals surface area (Å²) in [5.74, 6) is 1.98. The van der Waals surface area contributed by atoms with Crippen molar-refractivity contribution in [3.63, 3.8) is 0 Å². The molecule has 3 aromatic rings. The Kier molecular flexibility index (Phi) is 5.31. The summed E-state index contributed by atoms with van der Waals surface area (Å²) in [5.41, 5.74) is 3.09. The van der Waals surface area contributed by atoms with E-state index in [1.165, 1.54) is 10.4 Å². The van der Waals surface area contributed by atoms with Crippen molar-refractivity contribution in [3.8, 4) is 0 Å². The van der Waals surface area contributed by atoms with Gasteiger partial charge < -0.3 is 10.3 Å². The first kappa shape index (κ1) is 18.3. The van der Waals surface area contributed by atoms with Crippen LogP contribution in [0.5, 0.6) is 0 Å². The predicted octanol–water partition coefficient (Wildman–Crippen LogP) is 4.04. The number of hydrogen-bond donors (Lipinski definition) is 2. The third kappa shape index (κ3) is 3.94. The number of carbonyl (C=O) groups is 1. The summed E-state index contributed by atoms with van der Waals surface area (Å²) in [6.07, 6.45) is 3.62. The van der Waals surface area contributed by atoms with Crippen LogP contribution in [0.4, 0.5) is 5.69 Å². The predicted molar refractivity (Wildman–Crippen MR) is 113 cm³/mol. The molecule has 27 heavy (non-hydrogen) atoms. The number of hydrogen-bond acceptors (Lipinski definition) is 5. The summed E-state index contributed by atoms with van der Waals surface area (Å²) in [6, 6.07) is 7.75. The van der Waals surface area contributed by atoms with E-state index >= 15 is 0 Å². The third-order valence-electron chi connectivity index (χ3n) is 4.76. The number of H-pyrrole nitrogens is 1. The maximum atomic E-state index is 12.4. The van der Waals surface area contributed by atoms with E-state index in [9.17, 15) is 9.59 Å². The Bertz CT molecular complexity index is 1060. The molecular formula is C20H21N3O2S2. The number of nitrogens with one attached hydrogen (secondary N) is 2. The van der Waals surface area contributed by atoms with Crippen LogP contribution in [0.15, 0.2) is 29.1 Å². The largest absolute Gasteiger partial charge is 0.326 e. The normalized spacial score (nSPS) is 13.1. The average molecular weight is 400 g/mol. The number of amides is 1. The average Bonchev–Trinajstić information content (AvgIpc) is 3.21. The van der Waals surface area contributed by atoms with Gasteiger partial charge in [0.2, 0.25) is 5.91 Å². The van der Waals surface area contributed by atoms with Crippen molar-refractivity contribution in [1.29, 1.82) is 0 Å². The molecule has 0 atom stereocenters. The number of para-hydroxylation sites is 1. The molecule has 1 aliphatic carbocycles. The van der Waals surface area contributed by atoms with Gasteiger partial charge in [-0.1, -0.05) is 18.2 Å². The van der Waals surface area contributed by atoms with E-state index in [2.05, 4.69) is 15.3 Å². The van der Waals surface area contributed by atoms with Crippen LogP contribution in [-0.4, -0.2) is 21.6 Å². The lowest BCUT2D eigenvalue weighted by Crippen LogP contribution is -2.13. The Hall–Kier alpha value is -2.12. The van der Waals surface area contributed by atoms with Gasteiger partial charge in [-0.25, -0.2) is 4.98 Å². The second kappa shape index (κ2) is 7.86. The molecule has 140 valence electrons. The molecule has 0 saturated heterocycles. The zero-order chi connectivity index (χ0) is 18.8. The van der Waals surface area contributed by atoms with E-state index in [-0.39, 0.29) is 11.5 Å². The molecular weight excluding hydrogens is 378 g/mol. The highest BCUT2D eigenvalue weighted by Crippen LogP contribution is 2.34. The molecule has 0 saturated carbocycles. The molecule has 0 spiro atoms. The summed E-state index contributed by atoms with van der Waals surface area (Å²) in [7, 11) is 0. The molecule has 2 aromatic heterocycles. The minimum absolute atomic E-state index is 0.00314. The fraction of sp³-hybridized carbons (Fsp3) is 0.350. The zero-order valence-corrected chi connectivity index (χ0v) is 16.8. The van der Waals surface area contributed by atoms with Gasteiger partial charge in [0.05, 0.1) is 11.1 Å². The number of thioether (sulfide) groups is 1. The molecule has 0 radical (unpaired) electrons. The first-order valence-electron chi connectivity index (χ1n) is 9.08. The molecule has 7 heteroatoms. The second-order valence-corrected chi connectivity index (χ2v) is 8.90. The van der Waals surface area contributed by atoms with Crippen molar-refractivity contribution in [2.45, 2.75) is 38.4 Å². The maximum absolute atomic E-state index is 12.4. The van der Waals surface area contributed by atoms with Crippen LogP contribution < -0.4 is 10.9 Å². The molecule has 0 bridgehead atoms. The summed E-state index contributed by atoms with van der Waals surface area (Å²) < 4.78 is 0. The van der Waals surface area contributed by atoms with Crippen molar-refractivity contribution >= 4 is 44.9 Å². The lowest BCUT2D eigenvalue weighted by molar-refractivity contribution is -0.115. The number of benzene rings is 1. The lowest BCUT2D eigenvalue weighted by atomic mass is 10.2. The second-order valence-electron chi connectivity index (χ2n) is 6.72. The minimum atomic E-state index is -0.0210. The number of thiophene rings is 1. The van der Waals surface area contributed by atoms with Gasteiger partial charge in [0, 0.05) is 22.7 Å². The van der Waals surface area contributed by atoms with Gasteiger partial charge in [0.1, 0.15) is 10.7 Å². The summed E-state index contributed by atoms with van der Waals surface area (Å²) in [6.45, 7) is 1.98. The molecule has 0 unspecified atom stereocenters. The van der Waals surface area contributed by atoms with Gasteiger partial charge >= 0.3 is 0 Å². The minimum Gasteiger partial charge on any atom is -0.326 e. The topological polar surface area (TPSA) is 74.8 Å². The van der Waals surface area contributed by atoms with Crippen molar-refractivity contribution in [1.82, 2.24) is 9.97 Å². The first-order chi connectivity index (χ1) is 13.1. The Morgan fingerprint density at radius 1 is 1.33 bits per heavy atom. The standard InChI is InChI=1S/C20H21N3O2S2/c1-12-5-2-3-7-14(12)21-17(24)9-10-26-11-16-22-19(25)18-13-6-4-8-15(13)27-20(18)23-16/h2-3,5,7H,4,6,8-11H2,1H3,(H,21,24)(H,22,23,25). The Labute approximate surface area is 165 Å². The van der Waals surface area contributed by atoms with Gasteiger partial charge in [0.25, 0.3) is 5.56 Å². The monoisotopic (exact) mass is 399 g/mol. The van der Waals surface area contributed by atoms with Crippen LogP contribution in [0.2, 0.25) is 0 Å². The highest BCUT2D eigenvalue weighted by molar-refractivity contribution is 7.98. The van der Waals surface area contributed by atoms with Crippen LogP contribution in [0.25, 0.3) is 10.2 Å². The van der Waals surface area contributed by atoms with Gasteiger partial charge in [0.15, 0.2) is 0 Å². The molecule has 0 fully saturated rings. The summed E-state index contributed by atoms with van der Waals surface area (Å²) in [4.78, 5) is 34.3. The van der Waals surface area contributed by atoms with E-state index in [4.69, 9.17) is 0 Å². The van der Waals surface area contributed by atoms with Crippen LogP contribution in [0.1, 0.15) is 34.7 Å². The molecule has 2 heterocycles. The molecule has 1 aromatic carbocycles. The highest BCUT2D eigenvalue weighted by Gasteiger charge is 2.21. The fourth-order valence-corrected chi connectivity index (χ4v) is 5.46. The maximum Gasteiger partial charge on any atom is 0.259 e. The number of aromatic nitrogens is 2. The van der Waals surface area contributed by atoms with Crippen LogP contribution in [0.3, 0.4) is 0 Å². The van der Waals surface area contributed by atoms with E-state index in [0.717, 1.165) is 40.7 Å². The summed E-state index contributed by atoms with van der Waals surface area (Å²) in [5, 5.41) is 3.73. The van der Waals surface area contributed by atoms with E-state index in [1.54, 1.807) is 23.1 Å². The van der Waals surface area contributed by atoms with Crippen LogP contribution in [-0.2, 0) is 23.4 Å². The number of rotatable bonds is 6. The Morgan fingerprint density at radius 3 is 3.04 bits per heavy atom. The zero-order valence-electron chi connectivity index (χ0n) is 15.1. The number of anilines is 1. The number of fused-ring (bicyclic) bond motifs is 3. The van der Waals surface area contributed by atoms with Crippen LogP contribution >= 0.6 is 23.1 Å². The van der Waals surface area contributed by atoms with Crippen molar-refractivity contribution in [3.05, 3.63) is 56.4 Å². The van der Waals surface area contributed by atoms with E-state index in [1.807, 2.05) is 31.2 Å².